The normalized spacial score (nSPS) is 10.5. The SMILES string of the molecule is O=C(/C=C/c1ccccc1Cl)NCC(=O)Nc1ccccc1Br. The lowest BCUT2D eigenvalue weighted by Crippen LogP contribution is -2.31. The molecule has 0 saturated heterocycles. The van der Waals surface area contributed by atoms with Crippen molar-refractivity contribution < 1.29 is 9.59 Å². The summed E-state index contributed by atoms with van der Waals surface area (Å²) >= 11 is 9.33. The van der Waals surface area contributed by atoms with Crippen molar-refractivity contribution in [3.05, 3.63) is 69.7 Å². The number of benzene rings is 2. The number of amides is 2. The molecule has 118 valence electrons. The summed E-state index contributed by atoms with van der Waals surface area (Å²) in [7, 11) is 0. The van der Waals surface area contributed by atoms with Crippen molar-refractivity contribution in [3.8, 4) is 0 Å². The van der Waals surface area contributed by atoms with Gasteiger partial charge in [0.15, 0.2) is 0 Å². The Labute approximate surface area is 147 Å². The van der Waals surface area contributed by atoms with E-state index in [0.29, 0.717) is 10.7 Å². The largest absolute Gasteiger partial charge is 0.343 e. The molecule has 0 fully saturated rings. The molecule has 0 unspecified atom stereocenters. The van der Waals surface area contributed by atoms with Gasteiger partial charge in [-0.3, -0.25) is 9.59 Å². The number of halogens is 2. The molecule has 2 aromatic rings. The van der Waals surface area contributed by atoms with Crippen LogP contribution in [0.15, 0.2) is 59.1 Å². The van der Waals surface area contributed by atoms with Gasteiger partial charge in [-0.05, 0) is 45.8 Å². The second-order valence-electron chi connectivity index (χ2n) is 4.60. The Hall–Kier alpha value is -2.11. The second kappa shape index (κ2) is 8.50. The van der Waals surface area contributed by atoms with Crippen LogP contribution in [0.1, 0.15) is 5.56 Å². The van der Waals surface area contributed by atoms with Crippen molar-refractivity contribution in [2.24, 2.45) is 0 Å². The molecule has 0 heterocycles. The molecular formula is C17H14BrClN2O2. The summed E-state index contributed by atoms with van der Waals surface area (Å²) in [5.74, 6) is -0.677. The van der Waals surface area contributed by atoms with Crippen molar-refractivity contribution in [2.45, 2.75) is 0 Å². The maximum absolute atomic E-state index is 11.8. The molecule has 23 heavy (non-hydrogen) atoms. The number of carbonyl (C=O) groups is 2. The molecule has 0 atom stereocenters. The molecule has 2 aromatic carbocycles. The van der Waals surface area contributed by atoms with Crippen LogP contribution in [-0.4, -0.2) is 18.4 Å². The fraction of sp³-hybridized carbons (Fsp3) is 0.0588. The topological polar surface area (TPSA) is 58.2 Å². The van der Waals surface area contributed by atoms with Crippen LogP contribution in [0, 0.1) is 0 Å². The minimum absolute atomic E-state index is 0.118. The summed E-state index contributed by atoms with van der Waals surface area (Å²) in [5.41, 5.74) is 1.39. The zero-order valence-electron chi connectivity index (χ0n) is 12.1. The molecule has 0 saturated carbocycles. The van der Waals surface area contributed by atoms with Gasteiger partial charge >= 0.3 is 0 Å². The van der Waals surface area contributed by atoms with Crippen LogP contribution >= 0.6 is 27.5 Å². The van der Waals surface area contributed by atoms with Crippen molar-refractivity contribution >= 4 is 51.1 Å². The maximum Gasteiger partial charge on any atom is 0.244 e. The van der Waals surface area contributed by atoms with Gasteiger partial charge in [-0.25, -0.2) is 0 Å². The van der Waals surface area contributed by atoms with E-state index in [-0.39, 0.29) is 18.4 Å². The highest BCUT2D eigenvalue weighted by atomic mass is 79.9. The van der Waals surface area contributed by atoms with E-state index in [0.717, 1.165) is 10.0 Å². The van der Waals surface area contributed by atoms with Gasteiger partial charge in [0.05, 0.1) is 12.2 Å². The molecule has 0 radical (unpaired) electrons. The smallest absolute Gasteiger partial charge is 0.244 e. The van der Waals surface area contributed by atoms with E-state index in [4.69, 9.17) is 11.6 Å². The second-order valence-corrected chi connectivity index (χ2v) is 5.86. The average Bonchev–Trinajstić information content (AvgIpc) is 2.54. The Morgan fingerprint density at radius 1 is 1.09 bits per heavy atom. The van der Waals surface area contributed by atoms with E-state index < -0.39 is 0 Å². The van der Waals surface area contributed by atoms with E-state index in [1.165, 1.54) is 6.08 Å². The summed E-state index contributed by atoms with van der Waals surface area (Å²) in [6.45, 7) is -0.118. The molecule has 2 N–H and O–H groups in total. The number of hydrogen-bond donors (Lipinski definition) is 2. The molecule has 0 aliphatic heterocycles. The summed E-state index contributed by atoms with van der Waals surface area (Å²) in [5, 5.41) is 5.78. The number of rotatable bonds is 5. The molecule has 6 heteroatoms. The lowest BCUT2D eigenvalue weighted by Gasteiger charge is -2.07. The molecule has 2 rings (SSSR count). The number of carbonyl (C=O) groups excluding carboxylic acids is 2. The lowest BCUT2D eigenvalue weighted by molar-refractivity contribution is -0.121. The summed E-state index contributed by atoms with van der Waals surface area (Å²) < 4.78 is 0.776. The highest BCUT2D eigenvalue weighted by Gasteiger charge is 2.06. The van der Waals surface area contributed by atoms with Crippen LogP contribution < -0.4 is 10.6 Å². The number of anilines is 1. The van der Waals surface area contributed by atoms with Gasteiger partial charge in [-0.15, -0.1) is 0 Å². The zero-order valence-corrected chi connectivity index (χ0v) is 14.4. The molecule has 0 bridgehead atoms. The zero-order chi connectivity index (χ0) is 16.7. The summed E-state index contributed by atoms with van der Waals surface area (Å²) in [4.78, 5) is 23.5. The van der Waals surface area contributed by atoms with Crippen LogP contribution in [0.3, 0.4) is 0 Å². The monoisotopic (exact) mass is 392 g/mol. The van der Waals surface area contributed by atoms with E-state index in [1.54, 1.807) is 24.3 Å². The van der Waals surface area contributed by atoms with Gasteiger partial charge in [-0.2, -0.15) is 0 Å². The van der Waals surface area contributed by atoms with Crippen LogP contribution in [0.5, 0.6) is 0 Å². The van der Waals surface area contributed by atoms with Crippen molar-refractivity contribution in [2.75, 3.05) is 11.9 Å². The van der Waals surface area contributed by atoms with E-state index >= 15 is 0 Å². The summed E-state index contributed by atoms with van der Waals surface area (Å²) in [6.07, 6.45) is 2.94. The van der Waals surface area contributed by atoms with Crippen LogP contribution in [0.4, 0.5) is 5.69 Å². The Morgan fingerprint density at radius 3 is 2.52 bits per heavy atom. The fourth-order valence-corrected chi connectivity index (χ4v) is 2.34. The van der Waals surface area contributed by atoms with E-state index in [9.17, 15) is 9.59 Å². The number of hydrogen-bond acceptors (Lipinski definition) is 2. The van der Waals surface area contributed by atoms with Crippen molar-refractivity contribution in [1.82, 2.24) is 5.32 Å². The maximum atomic E-state index is 11.8. The van der Waals surface area contributed by atoms with Crippen LogP contribution in [0.2, 0.25) is 5.02 Å². The molecule has 0 spiro atoms. The van der Waals surface area contributed by atoms with Gasteiger partial charge in [0.2, 0.25) is 11.8 Å². The van der Waals surface area contributed by atoms with Gasteiger partial charge < -0.3 is 10.6 Å². The highest BCUT2D eigenvalue weighted by molar-refractivity contribution is 9.10. The molecular weight excluding hydrogens is 380 g/mol. The van der Waals surface area contributed by atoms with E-state index in [1.807, 2.05) is 30.3 Å². The van der Waals surface area contributed by atoms with E-state index in [2.05, 4.69) is 26.6 Å². The lowest BCUT2D eigenvalue weighted by atomic mass is 10.2. The summed E-state index contributed by atoms with van der Waals surface area (Å²) in [6, 6.07) is 14.4. The molecule has 4 nitrogen and oxygen atoms in total. The standard InChI is InChI=1S/C17H14BrClN2O2/c18-13-6-2-4-8-15(13)21-17(23)11-20-16(22)10-9-12-5-1-3-7-14(12)19/h1-10H,11H2,(H,20,22)(H,21,23)/b10-9+. The third-order valence-electron chi connectivity index (χ3n) is 2.89. The first-order chi connectivity index (χ1) is 11.1. The van der Waals surface area contributed by atoms with Gasteiger partial charge in [0, 0.05) is 15.6 Å². The van der Waals surface area contributed by atoms with Crippen molar-refractivity contribution in [1.29, 1.82) is 0 Å². The minimum Gasteiger partial charge on any atom is -0.343 e. The minimum atomic E-state index is -0.368. The third-order valence-corrected chi connectivity index (χ3v) is 3.93. The fourth-order valence-electron chi connectivity index (χ4n) is 1.76. The van der Waals surface area contributed by atoms with Gasteiger partial charge in [-0.1, -0.05) is 41.9 Å². The molecule has 0 aromatic heterocycles. The average molecular weight is 394 g/mol. The Kier molecular flexibility index (Phi) is 6.38. The third kappa shape index (κ3) is 5.54. The first-order valence-electron chi connectivity index (χ1n) is 6.81. The molecule has 0 aliphatic carbocycles. The number of para-hydroxylation sites is 1. The van der Waals surface area contributed by atoms with Crippen LogP contribution in [0.25, 0.3) is 6.08 Å². The van der Waals surface area contributed by atoms with Gasteiger partial charge in [0.25, 0.3) is 0 Å². The Balaban J connectivity index is 1.83. The van der Waals surface area contributed by atoms with Crippen LogP contribution in [-0.2, 0) is 9.59 Å². The molecule has 0 aliphatic rings. The molecule has 2 amide bonds. The highest BCUT2D eigenvalue weighted by Crippen LogP contribution is 2.20. The van der Waals surface area contributed by atoms with Crippen molar-refractivity contribution in [3.63, 3.8) is 0 Å². The van der Waals surface area contributed by atoms with Gasteiger partial charge in [0.1, 0.15) is 0 Å². The Morgan fingerprint density at radius 2 is 1.78 bits per heavy atom. The number of nitrogens with one attached hydrogen (secondary N) is 2. The first-order valence-corrected chi connectivity index (χ1v) is 7.98. The predicted molar refractivity (Wildman–Crippen MR) is 96.3 cm³/mol. The predicted octanol–water partition coefficient (Wildman–Crippen LogP) is 3.87. The first kappa shape index (κ1) is 17.2. The Bertz CT molecular complexity index is 747. The quantitative estimate of drug-likeness (QED) is 0.758.